The fraction of sp³-hybridized carbons (Fsp3) is 0.167. The van der Waals surface area contributed by atoms with Gasteiger partial charge in [0.1, 0.15) is 5.69 Å². The minimum Gasteiger partial charge on any atom is -0.502 e. The van der Waals surface area contributed by atoms with Crippen LogP contribution in [0.4, 0.5) is 23.2 Å². The maximum absolute atomic E-state index is 14.0. The molecule has 0 bridgehead atoms. The Bertz CT molecular complexity index is 961. The first kappa shape index (κ1) is 17.2. The van der Waals surface area contributed by atoms with E-state index < -0.39 is 51.0 Å². The summed E-state index contributed by atoms with van der Waals surface area (Å²) in [7, 11) is 0.713. The molecule has 128 valence electrons. The zero-order valence-electron chi connectivity index (χ0n) is 11.7. The number of rotatable bonds is 2. The number of phenols is 1. The Balaban J connectivity index is 2.83. The van der Waals surface area contributed by atoms with Crippen molar-refractivity contribution in [1.82, 2.24) is 9.13 Å². The highest BCUT2D eigenvalue weighted by Crippen LogP contribution is 2.30. The molecule has 2 rings (SSSR count). The van der Waals surface area contributed by atoms with Crippen LogP contribution in [0.5, 0.6) is 5.75 Å². The number of nitro groups is 1. The van der Waals surface area contributed by atoms with Crippen molar-refractivity contribution in [2.24, 2.45) is 7.05 Å². The Morgan fingerprint density at radius 3 is 2.29 bits per heavy atom. The zero-order chi connectivity index (χ0) is 18.4. The molecule has 1 N–H and O–H groups in total. The van der Waals surface area contributed by atoms with Gasteiger partial charge in [0.15, 0.2) is 11.6 Å². The minimum atomic E-state index is -5.00. The predicted octanol–water partition coefficient (Wildman–Crippen LogP) is 1.31. The lowest BCUT2D eigenvalue weighted by molar-refractivity contribution is -0.386. The molecule has 1 heterocycles. The molecule has 12 heteroatoms. The highest BCUT2D eigenvalue weighted by Gasteiger charge is 2.35. The van der Waals surface area contributed by atoms with Gasteiger partial charge in [0.05, 0.1) is 16.7 Å². The van der Waals surface area contributed by atoms with Gasteiger partial charge in [0, 0.05) is 19.2 Å². The second-order valence-corrected chi connectivity index (χ2v) is 4.59. The van der Waals surface area contributed by atoms with Crippen molar-refractivity contribution in [2.45, 2.75) is 6.18 Å². The number of nitro benzene ring substituents is 1. The quantitative estimate of drug-likeness (QED) is 0.500. The number of aromatic nitrogens is 2. The van der Waals surface area contributed by atoms with Crippen molar-refractivity contribution in [3.05, 3.63) is 60.7 Å². The molecule has 0 fully saturated rings. The van der Waals surface area contributed by atoms with Gasteiger partial charge in [-0.3, -0.25) is 19.5 Å². The van der Waals surface area contributed by atoms with E-state index in [0.717, 1.165) is 0 Å². The summed E-state index contributed by atoms with van der Waals surface area (Å²) in [6.07, 6.45) is -5.00. The largest absolute Gasteiger partial charge is 0.502 e. The minimum absolute atomic E-state index is 0.0218. The van der Waals surface area contributed by atoms with Crippen LogP contribution in [0.25, 0.3) is 5.69 Å². The first-order valence-electron chi connectivity index (χ1n) is 6.02. The molecule has 0 saturated carbocycles. The molecule has 0 aliphatic heterocycles. The van der Waals surface area contributed by atoms with E-state index in [0.29, 0.717) is 13.1 Å². The van der Waals surface area contributed by atoms with Crippen LogP contribution in [-0.4, -0.2) is 19.2 Å². The molecular formula is C12H7F4N3O5. The van der Waals surface area contributed by atoms with E-state index in [1.54, 1.807) is 0 Å². The third-order valence-electron chi connectivity index (χ3n) is 3.09. The molecule has 0 atom stereocenters. The maximum atomic E-state index is 14.0. The second-order valence-electron chi connectivity index (χ2n) is 4.59. The number of alkyl halides is 3. The van der Waals surface area contributed by atoms with Crippen molar-refractivity contribution in [2.75, 3.05) is 0 Å². The van der Waals surface area contributed by atoms with Gasteiger partial charge in [-0.15, -0.1) is 0 Å². The smallest absolute Gasteiger partial charge is 0.431 e. The van der Waals surface area contributed by atoms with Gasteiger partial charge in [-0.1, -0.05) is 0 Å². The average molecular weight is 349 g/mol. The van der Waals surface area contributed by atoms with E-state index >= 15 is 0 Å². The molecule has 0 unspecified atom stereocenters. The Morgan fingerprint density at radius 2 is 1.79 bits per heavy atom. The van der Waals surface area contributed by atoms with Gasteiger partial charge in [0.25, 0.3) is 5.56 Å². The van der Waals surface area contributed by atoms with E-state index in [1.165, 1.54) is 0 Å². The molecular weight excluding hydrogens is 342 g/mol. The monoisotopic (exact) mass is 349 g/mol. The van der Waals surface area contributed by atoms with Crippen molar-refractivity contribution < 1.29 is 27.6 Å². The topological polar surface area (TPSA) is 107 Å². The number of halogens is 4. The number of phenolic OH excluding ortho intramolecular Hbond substituents is 1. The van der Waals surface area contributed by atoms with Gasteiger partial charge >= 0.3 is 17.6 Å². The van der Waals surface area contributed by atoms with Gasteiger partial charge in [0.2, 0.25) is 0 Å². The van der Waals surface area contributed by atoms with Crippen molar-refractivity contribution in [3.8, 4) is 11.4 Å². The fourth-order valence-corrected chi connectivity index (χ4v) is 1.98. The Labute approximate surface area is 129 Å². The fourth-order valence-electron chi connectivity index (χ4n) is 1.98. The van der Waals surface area contributed by atoms with Crippen LogP contribution in [0.1, 0.15) is 5.69 Å². The van der Waals surface area contributed by atoms with Crippen LogP contribution in [-0.2, 0) is 13.2 Å². The summed E-state index contributed by atoms with van der Waals surface area (Å²) in [5.74, 6) is -2.51. The molecule has 1 aromatic heterocycles. The van der Waals surface area contributed by atoms with E-state index in [2.05, 4.69) is 0 Å². The van der Waals surface area contributed by atoms with Crippen molar-refractivity contribution >= 4 is 5.69 Å². The molecule has 0 spiro atoms. The third kappa shape index (κ3) is 2.73. The zero-order valence-corrected chi connectivity index (χ0v) is 11.7. The first-order valence-corrected chi connectivity index (χ1v) is 6.02. The van der Waals surface area contributed by atoms with E-state index in [4.69, 9.17) is 0 Å². The summed E-state index contributed by atoms with van der Waals surface area (Å²) in [6, 6.07) is 0.719. The summed E-state index contributed by atoms with van der Waals surface area (Å²) in [4.78, 5) is 33.3. The average Bonchev–Trinajstić information content (AvgIpc) is 2.44. The molecule has 0 aliphatic rings. The molecule has 24 heavy (non-hydrogen) atoms. The highest BCUT2D eigenvalue weighted by molar-refractivity contribution is 5.53. The Hall–Kier alpha value is -3.18. The lowest BCUT2D eigenvalue weighted by Gasteiger charge is -2.14. The number of benzene rings is 1. The third-order valence-corrected chi connectivity index (χ3v) is 3.09. The number of hydrogen-bond donors (Lipinski definition) is 1. The Morgan fingerprint density at radius 1 is 1.21 bits per heavy atom. The van der Waals surface area contributed by atoms with Gasteiger partial charge in [-0.25, -0.2) is 13.8 Å². The van der Waals surface area contributed by atoms with Crippen LogP contribution in [0.3, 0.4) is 0 Å². The number of nitrogens with zero attached hydrogens (tertiary/aromatic N) is 3. The standard InChI is InChI=1S/C12H7F4N3O5/c1-17-9(12(14,15)16)4-10(21)18(11(17)22)6-3-8(20)7(19(23)24)2-5(6)13/h2-4,20H,1H3. The summed E-state index contributed by atoms with van der Waals surface area (Å²) in [5.41, 5.74) is -6.56. The molecule has 1 aromatic carbocycles. The molecule has 0 radical (unpaired) electrons. The normalized spacial score (nSPS) is 11.5. The van der Waals surface area contributed by atoms with E-state index in [1.807, 2.05) is 0 Å². The van der Waals surface area contributed by atoms with Crippen LogP contribution in [0.15, 0.2) is 27.8 Å². The summed E-state index contributed by atoms with van der Waals surface area (Å²) < 4.78 is 52.2. The lowest BCUT2D eigenvalue weighted by atomic mass is 10.2. The summed E-state index contributed by atoms with van der Waals surface area (Å²) in [5, 5.41) is 20.1. The van der Waals surface area contributed by atoms with Crippen LogP contribution < -0.4 is 11.2 Å². The molecule has 0 aliphatic carbocycles. The number of hydrogen-bond acceptors (Lipinski definition) is 5. The van der Waals surface area contributed by atoms with Gasteiger partial charge in [-0.2, -0.15) is 13.2 Å². The SMILES string of the molecule is Cn1c(C(F)(F)F)cc(=O)n(-c2cc(O)c([N+](=O)[O-])cc2F)c1=O. The number of aromatic hydroxyl groups is 1. The lowest BCUT2D eigenvalue weighted by Crippen LogP contribution is -2.41. The van der Waals surface area contributed by atoms with Crippen LogP contribution in [0, 0.1) is 15.9 Å². The van der Waals surface area contributed by atoms with Crippen molar-refractivity contribution in [1.29, 1.82) is 0 Å². The molecule has 0 saturated heterocycles. The maximum Gasteiger partial charge on any atom is 0.431 e. The van der Waals surface area contributed by atoms with Crippen LogP contribution >= 0.6 is 0 Å². The molecule has 8 nitrogen and oxygen atoms in total. The first-order chi connectivity index (χ1) is 10.9. The Kier molecular flexibility index (Phi) is 3.92. The molecule has 2 aromatic rings. The predicted molar refractivity (Wildman–Crippen MR) is 70.6 cm³/mol. The summed E-state index contributed by atoms with van der Waals surface area (Å²) >= 11 is 0. The molecule has 0 amide bonds. The van der Waals surface area contributed by atoms with Crippen molar-refractivity contribution in [3.63, 3.8) is 0 Å². The van der Waals surface area contributed by atoms with E-state index in [-0.39, 0.29) is 21.3 Å². The van der Waals surface area contributed by atoms with Gasteiger partial charge < -0.3 is 5.11 Å². The second kappa shape index (κ2) is 5.47. The van der Waals surface area contributed by atoms with Gasteiger partial charge in [-0.05, 0) is 0 Å². The highest BCUT2D eigenvalue weighted by atomic mass is 19.4. The summed E-state index contributed by atoms with van der Waals surface area (Å²) in [6.45, 7) is 0. The van der Waals surface area contributed by atoms with E-state index in [9.17, 15) is 42.4 Å². The van der Waals surface area contributed by atoms with Crippen LogP contribution in [0.2, 0.25) is 0 Å².